The number of ether oxygens (including phenoxy) is 3. The first-order valence-electron chi connectivity index (χ1n) is 4.84. The maximum absolute atomic E-state index is 8.90. The van der Waals surface area contributed by atoms with Gasteiger partial charge in [0, 0.05) is 6.42 Å². The van der Waals surface area contributed by atoms with E-state index in [9.17, 15) is 0 Å². The molecule has 2 fully saturated rings. The Balaban J connectivity index is 1.86. The predicted octanol–water partition coefficient (Wildman–Crippen LogP) is 0.597. The van der Waals surface area contributed by atoms with Gasteiger partial charge >= 0.3 is 0 Å². The molecule has 2 saturated heterocycles. The molecule has 0 radical (unpaired) electrons. The minimum absolute atomic E-state index is 0.0483. The van der Waals surface area contributed by atoms with Crippen LogP contribution in [0.15, 0.2) is 12.2 Å². The molecule has 4 nitrogen and oxygen atoms in total. The zero-order chi connectivity index (χ0) is 9.60. The van der Waals surface area contributed by atoms with E-state index in [0.717, 1.165) is 0 Å². The minimum atomic E-state index is -0.485. The number of nitriles is 1. The molecule has 3 atom stereocenters. The van der Waals surface area contributed by atoms with E-state index in [1.165, 1.54) is 0 Å². The Labute approximate surface area is 82.0 Å². The second-order valence-corrected chi connectivity index (χ2v) is 3.91. The average Bonchev–Trinajstić information content (AvgIpc) is 2.92. The van der Waals surface area contributed by atoms with Gasteiger partial charge in [0.2, 0.25) is 0 Å². The molecule has 1 unspecified atom stereocenters. The first-order valence-corrected chi connectivity index (χ1v) is 4.84. The Morgan fingerprint density at radius 2 is 2.14 bits per heavy atom. The smallest absolute Gasteiger partial charge is 0.190 e. The van der Waals surface area contributed by atoms with Gasteiger partial charge in [0.05, 0.1) is 31.3 Å². The van der Waals surface area contributed by atoms with Gasteiger partial charge in [-0.3, -0.25) is 0 Å². The van der Waals surface area contributed by atoms with E-state index in [2.05, 4.69) is 6.07 Å². The van der Waals surface area contributed by atoms with Gasteiger partial charge in [-0.2, -0.15) is 5.26 Å². The Hall–Kier alpha value is -0.890. The van der Waals surface area contributed by atoms with Crippen molar-refractivity contribution >= 4 is 0 Å². The van der Waals surface area contributed by atoms with Crippen LogP contribution < -0.4 is 0 Å². The third-order valence-electron chi connectivity index (χ3n) is 3.05. The predicted molar refractivity (Wildman–Crippen MR) is 46.2 cm³/mol. The van der Waals surface area contributed by atoms with Crippen LogP contribution in [0.1, 0.15) is 6.42 Å². The molecule has 3 aliphatic rings. The fourth-order valence-corrected chi connectivity index (χ4v) is 2.37. The maximum atomic E-state index is 8.90. The molecule has 0 aromatic carbocycles. The molecule has 0 aromatic rings. The van der Waals surface area contributed by atoms with Crippen LogP contribution in [-0.2, 0) is 14.2 Å². The third kappa shape index (κ3) is 0.976. The van der Waals surface area contributed by atoms with Gasteiger partial charge in [0.1, 0.15) is 5.60 Å². The molecule has 3 heterocycles. The fraction of sp³-hybridized carbons (Fsp3) is 0.700. The second-order valence-electron chi connectivity index (χ2n) is 3.91. The van der Waals surface area contributed by atoms with Crippen LogP contribution in [0.3, 0.4) is 0 Å². The van der Waals surface area contributed by atoms with E-state index < -0.39 is 5.60 Å². The highest BCUT2D eigenvalue weighted by atomic mass is 16.7. The van der Waals surface area contributed by atoms with E-state index in [4.69, 9.17) is 19.5 Å². The quantitative estimate of drug-likeness (QED) is 0.572. The third-order valence-corrected chi connectivity index (χ3v) is 3.05. The summed E-state index contributed by atoms with van der Waals surface area (Å²) < 4.78 is 16.6. The molecular weight excluding hydrogens is 182 g/mol. The Morgan fingerprint density at radius 3 is 2.79 bits per heavy atom. The topological polar surface area (TPSA) is 51.5 Å². The van der Waals surface area contributed by atoms with Crippen LogP contribution in [0.25, 0.3) is 0 Å². The zero-order valence-corrected chi connectivity index (χ0v) is 7.68. The number of nitrogens with zero attached hydrogens (tertiary/aromatic N) is 1. The summed E-state index contributed by atoms with van der Waals surface area (Å²) in [7, 11) is 0. The van der Waals surface area contributed by atoms with Crippen LogP contribution >= 0.6 is 0 Å². The van der Waals surface area contributed by atoms with Crippen molar-refractivity contribution in [2.45, 2.75) is 24.4 Å². The maximum Gasteiger partial charge on any atom is 0.190 e. The summed E-state index contributed by atoms with van der Waals surface area (Å²) in [6.07, 6.45) is 4.24. The second kappa shape index (κ2) is 2.80. The normalized spacial score (nSPS) is 45.9. The van der Waals surface area contributed by atoms with Crippen molar-refractivity contribution < 1.29 is 14.2 Å². The molecule has 0 N–H and O–H groups in total. The number of fused-ring (bicyclic) bond motifs is 2. The van der Waals surface area contributed by atoms with E-state index in [0.29, 0.717) is 19.6 Å². The van der Waals surface area contributed by atoms with Gasteiger partial charge in [-0.15, -0.1) is 0 Å². The molecule has 14 heavy (non-hydrogen) atoms. The van der Waals surface area contributed by atoms with Crippen LogP contribution in [-0.4, -0.2) is 31.2 Å². The highest BCUT2D eigenvalue weighted by molar-refractivity contribution is 5.24. The summed E-state index contributed by atoms with van der Waals surface area (Å²) in [4.78, 5) is 0. The first-order chi connectivity index (χ1) is 6.84. The van der Waals surface area contributed by atoms with Crippen molar-refractivity contribution in [1.82, 2.24) is 0 Å². The Bertz CT molecular complexity index is 316. The van der Waals surface area contributed by atoms with E-state index in [1.54, 1.807) is 0 Å². The SMILES string of the molecule is N#C[C@@H]1C[C@]2(C3OCCO3)C=CC1O2. The molecule has 0 amide bonds. The Morgan fingerprint density at radius 1 is 1.36 bits per heavy atom. The van der Waals surface area contributed by atoms with Crippen molar-refractivity contribution in [2.75, 3.05) is 13.2 Å². The number of hydrogen-bond donors (Lipinski definition) is 0. The van der Waals surface area contributed by atoms with Crippen molar-refractivity contribution in [1.29, 1.82) is 5.26 Å². The fourth-order valence-electron chi connectivity index (χ4n) is 2.37. The summed E-state index contributed by atoms with van der Waals surface area (Å²) in [5, 5.41) is 8.90. The van der Waals surface area contributed by atoms with Crippen molar-refractivity contribution in [3.63, 3.8) is 0 Å². The van der Waals surface area contributed by atoms with Gasteiger partial charge in [-0.25, -0.2) is 0 Å². The molecule has 0 saturated carbocycles. The summed E-state index contributed by atoms with van der Waals surface area (Å²) in [6, 6.07) is 2.26. The molecule has 0 aromatic heterocycles. The summed E-state index contributed by atoms with van der Waals surface area (Å²) >= 11 is 0. The monoisotopic (exact) mass is 193 g/mol. The van der Waals surface area contributed by atoms with Gasteiger partial charge in [-0.1, -0.05) is 6.08 Å². The molecule has 0 spiro atoms. The van der Waals surface area contributed by atoms with Crippen LogP contribution in [0.2, 0.25) is 0 Å². The number of hydrogen-bond acceptors (Lipinski definition) is 4. The van der Waals surface area contributed by atoms with Gasteiger partial charge in [0.25, 0.3) is 0 Å². The molecule has 3 rings (SSSR count). The van der Waals surface area contributed by atoms with Gasteiger partial charge in [0.15, 0.2) is 6.29 Å². The molecule has 2 bridgehead atoms. The lowest BCUT2D eigenvalue weighted by Crippen LogP contribution is -2.39. The number of rotatable bonds is 1. The zero-order valence-electron chi connectivity index (χ0n) is 7.68. The highest BCUT2D eigenvalue weighted by Crippen LogP contribution is 2.45. The van der Waals surface area contributed by atoms with Gasteiger partial charge < -0.3 is 14.2 Å². The van der Waals surface area contributed by atoms with Crippen molar-refractivity contribution in [3.8, 4) is 6.07 Å². The van der Waals surface area contributed by atoms with E-state index >= 15 is 0 Å². The summed E-state index contributed by atoms with van der Waals surface area (Å²) in [5.41, 5.74) is -0.485. The molecule has 0 aliphatic carbocycles. The lowest BCUT2D eigenvalue weighted by atomic mass is 9.87. The molecular formula is C10H11NO3. The van der Waals surface area contributed by atoms with Crippen LogP contribution in [0.4, 0.5) is 0 Å². The minimum Gasteiger partial charge on any atom is -0.357 e. The summed E-state index contributed by atoms with van der Waals surface area (Å²) in [5.74, 6) is -0.0483. The summed E-state index contributed by atoms with van der Waals surface area (Å²) in [6.45, 7) is 1.23. The van der Waals surface area contributed by atoms with Crippen molar-refractivity contribution in [2.24, 2.45) is 5.92 Å². The molecule has 4 heteroatoms. The molecule has 3 aliphatic heterocycles. The van der Waals surface area contributed by atoms with Crippen LogP contribution in [0.5, 0.6) is 0 Å². The standard InChI is InChI=1S/C10H11NO3/c11-6-7-5-10(2-1-8(7)14-10)9-12-3-4-13-9/h1-2,7-9H,3-5H2/t7-,8?,10-/m0/s1. The molecule has 74 valence electrons. The van der Waals surface area contributed by atoms with E-state index in [-0.39, 0.29) is 18.3 Å². The van der Waals surface area contributed by atoms with Gasteiger partial charge in [-0.05, 0) is 6.08 Å². The van der Waals surface area contributed by atoms with Crippen LogP contribution in [0, 0.1) is 17.2 Å². The Kier molecular flexibility index (Phi) is 1.68. The first kappa shape index (κ1) is 8.42. The largest absolute Gasteiger partial charge is 0.357 e. The van der Waals surface area contributed by atoms with E-state index in [1.807, 2.05) is 12.2 Å². The lowest BCUT2D eigenvalue weighted by molar-refractivity contribution is -0.164. The average molecular weight is 193 g/mol. The highest BCUT2D eigenvalue weighted by Gasteiger charge is 2.55. The lowest BCUT2D eigenvalue weighted by Gasteiger charge is -2.27. The van der Waals surface area contributed by atoms with Crippen molar-refractivity contribution in [3.05, 3.63) is 12.2 Å².